The van der Waals surface area contributed by atoms with E-state index in [4.69, 9.17) is 26.2 Å². The van der Waals surface area contributed by atoms with E-state index in [0.29, 0.717) is 24.4 Å². The Morgan fingerprint density at radius 1 is 1.33 bits per heavy atom. The third-order valence-corrected chi connectivity index (χ3v) is 5.57. The number of piperidine rings is 1. The molecule has 1 aromatic carbocycles. The molecule has 7 N–H and O–H groups in total. The number of carbonyl (C=O) groups excluding carboxylic acids is 3. The van der Waals surface area contributed by atoms with Gasteiger partial charge in [-0.15, -0.1) is 3.89 Å². The number of carbonyl (C=O) groups is 3. The molecule has 1 aromatic rings. The minimum absolute atomic E-state index is 0.0458. The van der Waals surface area contributed by atoms with E-state index in [-0.39, 0.29) is 61.4 Å². The number of nitrogens with two attached hydrogens (primary N) is 3. The molecule has 0 spiro atoms. The van der Waals surface area contributed by atoms with E-state index in [1.165, 1.54) is 28.2 Å². The van der Waals surface area contributed by atoms with Gasteiger partial charge < -0.3 is 30.3 Å². The van der Waals surface area contributed by atoms with Gasteiger partial charge in [-0.05, 0) is 31.9 Å². The number of amides is 3. The highest BCUT2D eigenvalue weighted by atomic mass is 32.2. The molecule has 180 valence electrons. The first-order valence-electron chi connectivity index (χ1n) is 10.4. The number of hydrazine groups is 1. The molecule has 1 atom stereocenters. The molecule has 11 nitrogen and oxygen atoms in total. The van der Waals surface area contributed by atoms with Gasteiger partial charge in [-0.2, -0.15) is 0 Å². The summed E-state index contributed by atoms with van der Waals surface area (Å²) in [5, 5.41) is 3.69. The maximum atomic E-state index is 13.0. The van der Waals surface area contributed by atoms with Gasteiger partial charge in [0.1, 0.15) is 24.1 Å². The van der Waals surface area contributed by atoms with E-state index >= 15 is 0 Å². The number of hydrogen-bond donors (Lipinski definition) is 4. The zero-order valence-corrected chi connectivity index (χ0v) is 18.7. The molecule has 1 unspecified atom stereocenters. The molecule has 0 saturated carbocycles. The number of ether oxygens (including phenoxy) is 1. The molecular formula is C20H27FN6O5S. The Bertz CT molecular complexity index is 946. The summed E-state index contributed by atoms with van der Waals surface area (Å²) < 4.78 is 23.4. The van der Waals surface area contributed by atoms with Crippen molar-refractivity contribution in [3.05, 3.63) is 35.2 Å². The van der Waals surface area contributed by atoms with Gasteiger partial charge in [0, 0.05) is 30.8 Å². The summed E-state index contributed by atoms with van der Waals surface area (Å²) in [5.74, 6) is 4.88. The first-order valence-corrected chi connectivity index (χ1v) is 11.1. The minimum Gasteiger partial charge on any atom is -0.487 e. The van der Waals surface area contributed by atoms with Crippen LogP contribution < -0.4 is 31.5 Å². The van der Waals surface area contributed by atoms with Crippen molar-refractivity contribution in [2.75, 3.05) is 19.7 Å². The fourth-order valence-electron chi connectivity index (χ4n) is 3.73. The highest BCUT2D eigenvalue weighted by Crippen LogP contribution is 2.38. The molecule has 1 fully saturated rings. The van der Waals surface area contributed by atoms with Crippen LogP contribution in [0.15, 0.2) is 24.0 Å². The summed E-state index contributed by atoms with van der Waals surface area (Å²) in [5.41, 5.74) is 12.5. The van der Waals surface area contributed by atoms with Crippen molar-refractivity contribution in [3.8, 4) is 11.5 Å². The van der Waals surface area contributed by atoms with E-state index in [1.807, 2.05) is 0 Å². The second-order valence-electron chi connectivity index (χ2n) is 7.72. The van der Waals surface area contributed by atoms with Gasteiger partial charge in [0.15, 0.2) is 0 Å². The SMILES string of the molecule is NCCCCN(N)/C=C(\N)COc1cc(OSF)cc2c1CN(C1CCC(=O)NC1=O)C2=O. The highest BCUT2D eigenvalue weighted by Gasteiger charge is 2.40. The number of benzene rings is 1. The van der Waals surface area contributed by atoms with Crippen LogP contribution in [0.5, 0.6) is 11.5 Å². The summed E-state index contributed by atoms with van der Waals surface area (Å²) in [6.07, 6.45) is 3.53. The molecule has 0 aromatic heterocycles. The summed E-state index contributed by atoms with van der Waals surface area (Å²) in [7, 11) is 0. The molecule has 2 aliphatic rings. The first kappa shape index (κ1) is 24.6. The van der Waals surface area contributed by atoms with Crippen molar-refractivity contribution in [2.45, 2.75) is 38.3 Å². The lowest BCUT2D eigenvalue weighted by atomic mass is 10.0. The van der Waals surface area contributed by atoms with Crippen molar-refractivity contribution in [2.24, 2.45) is 17.3 Å². The van der Waals surface area contributed by atoms with Crippen molar-refractivity contribution >= 4 is 30.2 Å². The molecule has 33 heavy (non-hydrogen) atoms. The number of nitrogens with zero attached hydrogens (tertiary/aromatic N) is 2. The van der Waals surface area contributed by atoms with Crippen LogP contribution in [0.1, 0.15) is 41.6 Å². The average molecular weight is 483 g/mol. The summed E-state index contributed by atoms with van der Waals surface area (Å²) >= 11 is -0.368. The Hall–Kier alpha value is -3.03. The van der Waals surface area contributed by atoms with Crippen molar-refractivity contribution in [1.29, 1.82) is 0 Å². The lowest BCUT2D eigenvalue weighted by Gasteiger charge is -2.29. The van der Waals surface area contributed by atoms with E-state index in [2.05, 4.69) is 5.32 Å². The Labute approximate surface area is 194 Å². The van der Waals surface area contributed by atoms with Crippen molar-refractivity contribution in [1.82, 2.24) is 15.2 Å². The average Bonchev–Trinajstić information content (AvgIpc) is 3.09. The van der Waals surface area contributed by atoms with Crippen LogP contribution in [-0.4, -0.2) is 53.4 Å². The van der Waals surface area contributed by atoms with Gasteiger partial charge in [0.05, 0.1) is 17.8 Å². The predicted octanol–water partition coefficient (Wildman–Crippen LogP) is 0.453. The van der Waals surface area contributed by atoms with Gasteiger partial charge in [-0.1, -0.05) is 0 Å². The topological polar surface area (TPSA) is 166 Å². The number of unbranched alkanes of at least 4 members (excludes halogenated alkanes) is 1. The predicted molar refractivity (Wildman–Crippen MR) is 119 cm³/mol. The van der Waals surface area contributed by atoms with Gasteiger partial charge in [0.25, 0.3) is 18.3 Å². The number of rotatable bonds is 11. The standard InChI is InChI=1S/C20H27FN6O5S/c21-33-32-13-7-14-15(10-27(20(14)30)16-3-4-18(28)25-19(16)29)17(8-13)31-11-12(23)9-26(24)6-2-1-5-22/h7-9,16H,1-6,10-11,22-24H2,(H,25,28,29)/b12-9-. The molecule has 2 aliphatic heterocycles. The summed E-state index contributed by atoms with van der Waals surface area (Å²) in [4.78, 5) is 38.1. The highest BCUT2D eigenvalue weighted by molar-refractivity contribution is 7.89. The smallest absolute Gasteiger partial charge is 0.272 e. The zero-order chi connectivity index (χ0) is 24.0. The fraction of sp³-hybridized carbons (Fsp3) is 0.450. The second kappa shape index (κ2) is 11.2. The third kappa shape index (κ3) is 6.06. The van der Waals surface area contributed by atoms with Crippen LogP contribution in [-0.2, 0) is 16.1 Å². The van der Waals surface area contributed by atoms with Gasteiger partial charge in [-0.25, -0.2) is 5.84 Å². The monoisotopic (exact) mass is 482 g/mol. The Balaban J connectivity index is 1.76. The lowest BCUT2D eigenvalue weighted by Crippen LogP contribution is -2.52. The lowest BCUT2D eigenvalue weighted by molar-refractivity contribution is -0.136. The first-order chi connectivity index (χ1) is 15.8. The zero-order valence-electron chi connectivity index (χ0n) is 17.9. The third-order valence-electron chi connectivity index (χ3n) is 5.31. The Kier molecular flexibility index (Phi) is 8.36. The number of halogens is 1. The maximum absolute atomic E-state index is 13.0. The number of fused-ring (bicyclic) bond motifs is 1. The molecule has 2 heterocycles. The van der Waals surface area contributed by atoms with Crippen LogP contribution >= 0.6 is 12.4 Å². The number of imide groups is 1. The van der Waals surface area contributed by atoms with Crippen molar-refractivity contribution in [3.63, 3.8) is 0 Å². The van der Waals surface area contributed by atoms with E-state index in [9.17, 15) is 18.3 Å². The minimum atomic E-state index is -0.792. The number of hydrogen-bond acceptors (Lipinski definition) is 10. The second-order valence-corrected chi connectivity index (χ2v) is 8.01. The normalized spacial score (nSPS) is 18.3. The molecular weight excluding hydrogens is 455 g/mol. The quantitative estimate of drug-likeness (QED) is 0.114. The molecule has 0 radical (unpaired) electrons. The summed E-state index contributed by atoms with van der Waals surface area (Å²) in [6.45, 7) is 1.19. The molecule has 1 saturated heterocycles. The van der Waals surface area contributed by atoms with Crippen LogP contribution in [0.2, 0.25) is 0 Å². The Morgan fingerprint density at radius 2 is 2.12 bits per heavy atom. The summed E-state index contributed by atoms with van der Waals surface area (Å²) in [6, 6.07) is 2.04. The molecule has 3 rings (SSSR count). The number of nitrogens with one attached hydrogen (secondary N) is 1. The van der Waals surface area contributed by atoms with E-state index < -0.39 is 17.9 Å². The van der Waals surface area contributed by atoms with E-state index in [1.54, 1.807) is 0 Å². The van der Waals surface area contributed by atoms with Crippen LogP contribution in [0.3, 0.4) is 0 Å². The largest absolute Gasteiger partial charge is 0.487 e. The molecule has 0 aliphatic carbocycles. The molecule has 3 amide bonds. The molecule has 0 bridgehead atoms. The van der Waals surface area contributed by atoms with E-state index in [0.717, 1.165) is 12.8 Å². The van der Waals surface area contributed by atoms with Gasteiger partial charge >= 0.3 is 0 Å². The van der Waals surface area contributed by atoms with Crippen LogP contribution in [0.25, 0.3) is 0 Å². The fourth-order valence-corrected chi connectivity index (χ4v) is 3.90. The van der Waals surface area contributed by atoms with Crippen molar-refractivity contribution < 1.29 is 27.2 Å². The maximum Gasteiger partial charge on any atom is 0.272 e. The van der Waals surface area contributed by atoms with Gasteiger partial charge in [0.2, 0.25) is 11.8 Å². The van der Waals surface area contributed by atoms with Crippen LogP contribution in [0.4, 0.5) is 3.89 Å². The Morgan fingerprint density at radius 3 is 2.82 bits per heavy atom. The molecule has 13 heteroatoms. The van der Waals surface area contributed by atoms with Crippen LogP contribution in [0, 0.1) is 0 Å². The van der Waals surface area contributed by atoms with Gasteiger partial charge in [-0.3, -0.25) is 19.7 Å².